The molecule has 0 aliphatic heterocycles. The maximum atomic E-state index is 12.7. The number of aromatic nitrogens is 1. The van der Waals surface area contributed by atoms with Crippen molar-refractivity contribution in [3.05, 3.63) is 53.3 Å². The van der Waals surface area contributed by atoms with Gasteiger partial charge in [-0.05, 0) is 42.5 Å². The quantitative estimate of drug-likeness (QED) is 0.873. The van der Waals surface area contributed by atoms with Crippen LogP contribution < -0.4 is 10.1 Å². The Balaban J connectivity index is 1.81. The van der Waals surface area contributed by atoms with Gasteiger partial charge in [0.15, 0.2) is 0 Å². The Morgan fingerprint density at radius 3 is 2.70 bits per heavy atom. The fourth-order valence-corrected chi connectivity index (χ4v) is 2.51. The molecule has 122 valence electrons. The average molecular weight is 322 g/mol. The monoisotopic (exact) mass is 322 g/mol. The van der Waals surface area contributed by atoms with Crippen molar-refractivity contribution in [2.75, 3.05) is 12.4 Å². The van der Waals surface area contributed by atoms with Crippen molar-refractivity contribution in [1.82, 2.24) is 4.98 Å². The molecule has 1 aromatic carbocycles. The number of hydrogen-bond donors (Lipinski definition) is 1. The predicted molar refractivity (Wildman–Crippen MR) is 81.5 cm³/mol. The number of anilines is 1. The summed E-state index contributed by atoms with van der Waals surface area (Å²) in [6.45, 7) is 0.00231. The number of pyridine rings is 1. The van der Waals surface area contributed by atoms with Crippen LogP contribution in [0.2, 0.25) is 0 Å². The topological polar surface area (TPSA) is 34.1 Å². The van der Waals surface area contributed by atoms with Crippen LogP contribution in [0.3, 0.4) is 0 Å². The van der Waals surface area contributed by atoms with Gasteiger partial charge in [0.05, 0.1) is 16.9 Å². The normalized spacial score (nSPS) is 14.6. The van der Waals surface area contributed by atoms with Gasteiger partial charge >= 0.3 is 6.18 Å². The van der Waals surface area contributed by atoms with E-state index in [2.05, 4.69) is 10.3 Å². The van der Waals surface area contributed by atoms with E-state index >= 15 is 0 Å². The van der Waals surface area contributed by atoms with Gasteiger partial charge in [-0.2, -0.15) is 13.2 Å². The molecule has 0 bridgehead atoms. The Morgan fingerprint density at radius 1 is 1.26 bits per heavy atom. The zero-order valence-electron chi connectivity index (χ0n) is 12.7. The van der Waals surface area contributed by atoms with Crippen molar-refractivity contribution < 1.29 is 17.9 Å². The van der Waals surface area contributed by atoms with Crippen LogP contribution in [-0.2, 0) is 12.8 Å². The number of para-hydroxylation sites is 1. The number of nitrogens with zero attached hydrogens (tertiary/aromatic N) is 1. The number of alkyl halides is 3. The summed E-state index contributed by atoms with van der Waals surface area (Å²) in [5.41, 5.74) is 1.48. The number of ether oxygens (including phenoxy) is 1. The van der Waals surface area contributed by atoms with Crippen molar-refractivity contribution in [3.8, 4) is 5.75 Å². The van der Waals surface area contributed by atoms with E-state index in [4.69, 9.17) is 4.74 Å². The molecule has 0 saturated heterocycles. The van der Waals surface area contributed by atoms with Gasteiger partial charge in [0, 0.05) is 13.2 Å². The number of benzene rings is 1. The van der Waals surface area contributed by atoms with E-state index in [9.17, 15) is 13.2 Å². The maximum absolute atomic E-state index is 12.7. The molecule has 0 spiro atoms. The van der Waals surface area contributed by atoms with E-state index in [1.807, 2.05) is 18.2 Å². The van der Waals surface area contributed by atoms with Crippen LogP contribution in [0.15, 0.2) is 36.5 Å². The maximum Gasteiger partial charge on any atom is 0.416 e. The van der Waals surface area contributed by atoms with Crippen LogP contribution in [0, 0.1) is 0 Å². The van der Waals surface area contributed by atoms with Gasteiger partial charge < -0.3 is 10.1 Å². The summed E-state index contributed by atoms with van der Waals surface area (Å²) in [4.78, 5) is 3.97. The van der Waals surface area contributed by atoms with E-state index in [-0.39, 0.29) is 12.3 Å². The van der Waals surface area contributed by atoms with Gasteiger partial charge in [-0.15, -0.1) is 0 Å². The molecule has 0 atom stereocenters. The molecule has 1 saturated carbocycles. The van der Waals surface area contributed by atoms with E-state index in [0.29, 0.717) is 11.7 Å². The molecule has 0 unspecified atom stereocenters. The largest absolute Gasteiger partial charge is 0.485 e. The van der Waals surface area contributed by atoms with Gasteiger partial charge in [-0.25, -0.2) is 0 Å². The highest BCUT2D eigenvalue weighted by Crippen LogP contribution is 2.46. The molecule has 0 radical (unpaired) electrons. The van der Waals surface area contributed by atoms with E-state index < -0.39 is 11.7 Å². The van der Waals surface area contributed by atoms with Crippen molar-refractivity contribution >= 4 is 5.69 Å². The second kappa shape index (κ2) is 6.10. The molecular formula is C17H17F3N2O. The predicted octanol–water partition coefficient (Wildman–Crippen LogP) is 4.60. The molecule has 23 heavy (non-hydrogen) atoms. The van der Waals surface area contributed by atoms with Crippen molar-refractivity contribution in [2.45, 2.75) is 31.5 Å². The first-order valence-corrected chi connectivity index (χ1v) is 7.44. The highest BCUT2D eigenvalue weighted by Gasteiger charge is 2.31. The van der Waals surface area contributed by atoms with Gasteiger partial charge in [0.2, 0.25) is 0 Å². The van der Waals surface area contributed by atoms with E-state index in [0.717, 1.165) is 42.4 Å². The molecule has 1 aromatic heterocycles. The third kappa shape index (κ3) is 3.57. The van der Waals surface area contributed by atoms with E-state index in [1.165, 1.54) is 0 Å². The highest BCUT2D eigenvalue weighted by atomic mass is 19.4. The van der Waals surface area contributed by atoms with Crippen LogP contribution in [0.4, 0.5) is 18.9 Å². The minimum atomic E-state index is -4.38. The lowest BCUT2D eigenvalue weighted by Gasteiger charge is -2.16. The zero-order valence-corrected chi connectivity index (χ0v) is 12.7. The molecule has 1 N–H and O–H groups in total. The lowest BCUT2D eigenvalue weighted by atomic mass is 10.1. The van der Waals surface area contributed by atoms with E-state index in [1.54, 1.807) is 7.05 Å². The lowest BCUT2D eigenvalue weighted by molar-refractivity contribution is -0.137. The third-order valence-electron chi connectivity index (χ3n) is 3.84. The van der Waals surface area contributed by atoms with Crippen LogP contribution in [0.25, 0.3) is 0 Å². The van der Waals surface area contributed by atoms with Crippen molar-refractivity contribution in [3.63, 3.8) is 0 Å². The molecule has 3 nitrogen and oxygen atoms in total. The minimum absolute atomic E-state index is 0.00231. The fourth-order valence-electron chi connectivity index (χ4n) is 2.51. The van der Waals surface area contributed by atoms with Gasteiger partial charge in [0.1, 0.15) is 12.4 Å². The Hall–Kier alpha value is -2.24. The summed E-state index contributed by atoms with van der Waals surface area (Å²) in [6.07, 6.45) is -0.982. The molecular weight excluding hydrogens is 305 g/mol. The second-order valence-corrected chi connectivity index (χ2v) is 5.57. The minimum Gasteiger partial charge on any atom is -0.485 e. The third-order valence-corrected chi connectivity index (χ3v) is 3.84. The molecule has 0 amide bonds. The first kappa shape index (κ1) is 15.6. The fraction of sp³-hybridized carbons (Fsp3) is 0.353. The Bertz CT molecular complexity index is 696. The first-order valence-electron chi connectivity index (χ1n) is 7.44. The smallest absolute Gasteiger partial charge is 0.416 e. The summed E-state index contributed by atoms with van der Waals surface area (Å²) < 4.78 is 44.1. The highest BCUT2D eigenvalue weighted by molar-refractivity contribution is 5.61. The summed E-state index contributed by atoms with van der Waals surface area (Å²) in [5, 5.41) is 3.07. The number of halogens is 3. The molecule has 1 heterocycles. The van der Waals surface area contributed by atoms with Crippen LogP contribution in [0.1, 0.15) is 35.6 Å². The first-order chi connectivity index (χ1) is 11.0. The second-order valence-electron chi connectivity index (χ2n) is 5.57. The molecule has 3 rings (SSSR count). The number of nitrogens with one attached hydrogen (secondary N) is 1. The summed E-state index contributed by atoms with van der Waals surface area (Å²) >= 11 is 0. The van der Waals surface area contributed by atoms with Crippen LogP contribution >= 0.6 is 0 Å². The zero-order chi connectivity index (χ0) is 16.4. The molecule has 2 aromatic rings. The molecule has 1 aliphatic carbocycles. The Kier molecular flexibility index (Phi) is 4.15. The summed E-state index contributed by atoms with van der Waals surface area (Å²) in [6, 6.07) is 7.84. The van der Waals surface area contributed by atoms with Gasteiger partial charge in [0.25, 0.3) is 0 Å². The number of hydrogen-bond acceptors (Lipinski definition) is 3. The van der Waals surface area contributed by atoms with Crippen molar-refractivity contribution in [2.24, 2.45) is 0 Å². The SMILES string of the molecule is CNc1cccc(C2CC2)c1OCc1cc(C(F)(F)F)ccn1. The Morgan fingerprint density at radius 2 is 2.04 bits per heavy atom. The van der Waals surface area contributed by atoms with Crippen molar-refractivity contribution in [1.29, 1.82) is 0 Å². The lowest BCUT2D eigenvalue weighted by Crippen LogP contribution is -2.08. The standard InChI is InChI=1S/C17H17F3N2O/c1-21-15-4-2-3-14(11-5-6-11)16(15)23-10-13-9-12(7-8-22-13)17(18,19)20/h2-4,7-9,11,21H,5-6,10H2,1H3. The summed E-state index contributed by atoms with van der Waals surface area (Å²) in [5.74, 6) is 1.18. The summed E-state index contributed by atoms with van der Waals surface area (Å²) in [7, 11) is 1.79. The number of rotatable bonds is 5. The van der Waals surface area contributed by atoms with Gasteiger partial charge in [-0.1, -0.05) is 12.1 Å². The molecule has 1 fully saturated rings. The molecule has 6 heteroatoms. The Labute approximate surface area is 132 Å². The van der Waals surface area contributed by atoms with Crippen LogP contribution in [-0.4, -0.2) is 12.0 Å². The van der Waals surface area contributed by atoms with Gasteiger partial charge in [-0.3, -0.25) is 4.98 Å². The average Bonchev–Trinajstić information content (AvgIpc) is 3.37. The molecule has 1 aliphatic rings. The van der Waals surface area contributed by atoms with Crippen LogP contribution in [0.5, 0.6) is 5.75 Å².